The van der Waals surface area contributed by atoms with Crippen molar-refractivity contribution in [2.24, 2.45) is 17.3 Å². The SMILES string of the molecule is CC1=C(C)[C@H]2C[C@@H](C1)C2(C)C. The average Bonchev–Trinajstić information content (AvgIpc) is 1.93. The topological polar surface area (TPSA) is 0 Å². The Morgan fingerprint density at radius 2 is 1.91 bits per heavy atom. The summed E-state index contributed by atoms with van der Waals surface area (Å²) in [5.74, 6) is 1.91. The van der Waals surface area contributed by atoms with Crippen LogP contribution in [0.3, 0.4) is 0 Å². The van der Waals surface area contributed by atoms with E-state index in [1.54, 1.807) is 11.1 Å². The van der Waals surface area contributed by atoms with Gasteiger partial charge in [0.05, 0.1) is 0 Å². The highest BCUT2D eigenvalue weighted by atomic mass is 14.6. The highest BCUT2D eigenvalue weighted by molar-refractivity contribution is 5.27. The van der Waals surface area contributed by atoms with E-state index in [0.717, 1.165) is 11.8 Å². The van der Waals surface area contributed by atoms with Crippen molar-refractivity contribution in [1.29, 1.82) is 0 Å². The van der Waals surface area contributed by atoms with Gasteiger partial charge in [0, 0.05) is 0 Å². The predicted molar refractivity (Wildman–Crippen MR) is 48.4 cm³/mol. The lowest BCUT2D eigenvalue weighted by Gasteiger charge is -2.57. The van der Waals surface area contributed by atoms with Crippen LogP contribution >= 0.6 is 0 Å². The lowest BCUT2D eigenvalue weighted by Crippen LogP contribution is -2.48. The van der Waals surface area contributed by atoms with Gasteiger partial charge in [-0.15, -0.1) is 0 Å². The number of hydrogen-bond donors (Lipinski definition) is 0. The minimum atomic E-state index is 0.629. The molecule has 2 bridgehead atoms. The number of allylic oxidation sites excluding steroid dienone is 2. The minimum absolute atomic E-state index is 0.629. The number of hydrogen-bond acceptors (Lipinski definition) is 0. The van der Waals surface area contributed by atoms with Crippen LogP contribution in [0.2, 0.25) is 0 Å². The summed E-state index contributed by atoms with van der Waals surface area (Å²) in [7, 11) is 0. The molecule has 0 aromatic carbocycles. The molecular formula is C11H18. The van der Waals surface area contributed by atoms with Crippen LogP contribution in [0.15, 0.2) is 11.1 Å². The van der Waals surface area contributed by atoms with Gasteiger partial charge in [-0.05, 0) is 43.9 Å². The van der Waals surface area contributed by atoms with Gasteiger partial charge in [0.25, 0.3) is 0 Å². The van der Waals surface area contributed by atoms with Crippen molar-refractivity contribution in [3.8, 4) is 0 Å². The summed E-state index contributed by atoms with van der Waals surface area (Å²) in [6.07, 6.45) is 2.84. The molecular weight excluding hydrogens is 132 g/mol. The first kappa shape index (κ1) is 7.39. The molecule has 62 valence electrons. The first-order valence-electron chi connectivity index (χ1n) is 4.69. The van der Waals surface area contributed by atoms with Crippen LogP contribution in [0.4, 0.5) is 0 Å². The normalized spacial score (nSPS) is 40.4. The van der Waals surface area contributed by atoms with Gasteiger partial charge in [-0.25, -0.2) is 0 Å². The standard InChI is InChI=1S/C11H18/c1-7-5-9-6-10(8(7)2)11(9,3)4/h9-10H,5-6H2,1-4H3/t9-,10-/m1/s1. The van der Waals surface area contributed by atoms with Crippen molar-refractivity contribution in [3.63, 3.8) is 0 Å². The number of fused-ring (bicyclic) bond motifs is 1. The number of rotatable bonds is 0. The molecule has 0 radical (unpaired) electrons. The Balaban J connectivity index is 2.34. The Morgan fingerprint density at radius 3 is 2.27 bits per heavy atom. The minimum Gasteiger partial charge on any atom is -0.0738 e. The smallest absolute Gasteiger partial charge is 0.0146 e. The van der Waals surface area contributed by atoms with Crippen LogP contribution < -0.4 is 0 Å². The van der Waals surface area contributed by atoms with Crippen molar-refractivity contribution < 1.29 is 0 Å². The largest absolute Gasteiger partial charge is 0.0738 e. The van der Waals surface area contributed by atoms with Gasteiger partial charge < -0.3 is 0 Å². The van der Waals surface area contributed by atoms with Gasteiger partial charge in [-0.1, -0.05) is 25.0 Å². The summed E-state index contributed by atoms with van der Waals surface area (Å²) < 4.78 is 0. The summed E-state index contributed by atoms with van der Waals surface area (Å²) in [4.78, 5) is 0. The third kappa shape index (κ3) is 0.758. The predicted octanol–water partition coefficient (Wildman–Crippen LogP) is 3.39. The Morgan fingerprint density at radius 1 is 1.27 bits per heavy atom. The van der Waals surface area contributed by atoms with Gasteiger partial charge in [0.15, 0.2) is 0 Å². The van der Waals surface area contributed by atoms with Crippen molar-refractivity contribution >= 4 is 0 Å². The van der Waals surface area contributed by atoms with E-state index in [0.29, 0.717) is 5.41 Å². The molecule has 3 rings (SSSR count). The molecule has 0 N–H and O–H groups in total. The van der Waals surface area contributed by atoms with Crippen molar-refractivity contribution in [1.82, 2.24) is 0 Å². The zero-order valence-corrected chi connectivity index (χ0v) is 8.07. The summed E-state index contributed by atoms with van der Waals surface area (Å²) in [6.45, 7) is 9.50. The van der Waals surface area contributed by atoms with E-state index in [9.17, 15) is 0 Å². The molecule has 3 aliphatic carbocycles. The highest BCUT2D eigenvalue weighted by Crippen LogP contribution is 2.60. The molecule has 0 aromatic rings. The quantitative estimate of drug-likeness (QED) is 0.464. The van der Waals surface area contributed by atoms with E-state index in [1.165, 1.54) is 12.8 Å². The van der Waals surface area contributed by atoms with Crippen LogP contribution in [0, 0.1) is 17.3 Å². The summed E-state index contributed by atoms with van der Waals surface area (Å²) in [5.41, 5.74) is 3.99. The van der Waals surface area contributed by atoms with Crippen LogP contribution in [0.1, 0.15) is 40.5 Å². The molecule has 0 nitrogen and oxygen atoms in total. The van der Waals surface area contributed by atoms with Crippen LogP contribution in [0.5, 0.6) is 0 Å². The molecule has 0 amide bonds. The van der Waals surface area contributed by atoms with Crippen molar-refractivity contribution in [3.05, 3.63) is 11.1 Å². The van der Waals surface area contributed by atoms with E-state index in [-0.39, 0.29) is 0 Å². The Kier molecular flexibility index (Phi) is 1.28. The first-order valence-corrected chi connectivity index (χ1v) is 4.69. The zero-order chi connectivity index (χ0) is 8.22. The lowest BCUT2D eigenvalue weighted by molar-refractivity contribution is -0.00990. The fourth-order valence-electron chi connectivity index (χ4n) is 2.93. The zero-order valence-electron chi connectivity index (χ0n) is 8.07. The second kappa shape index (κ2) is 1.91. The van der Waals surface area contributed by atoms with Gasteiger partial charge in [0.1, 0.15) is 0 Å². The van der Waals surface area contributed by atoms with Gasteiger partial charge in [0.2, 0.25) is 0 Å². The molecule has 0 heterocycles. The summed E-state index contributed by atoms with van der Waals surface area (Å²) in [5, 5.41) is 0. The molecule has 3 aliphatic rings. The van der Waals surface area contributed by atoms with Crippen LogP contribution in [-0.2, 0) is 0 Å². The second-order valence-electron chi connectivity index (χ2n) is 4.97. The van der Waals surface area contributed by atoms with E-state index in [2.05, 4.69) is 27.7 Å². The van der Waals surface area contributed by atoms with E-state index < -0.39 is 0 Å². The molecule has 1 fully saturated rings. The Hall–Kier alpha value is -0.260. The van der Waals surface area contributed by atoms with Crippen molar-refractivity contribution in [2.75, 3.05) is 0 Å². The molecule has 0 saturated heterocycles. The van der Waals surface area contributed by atoms with Gasteiger partial charge in [-0.3, -0.25) is 0 Å². The van der Waals surface area contributed by atoms with Crippen LogP contribution in [0.25, 0.3) is 0 Å². The molecule has 2 atom stereocenters. The first-order chi connectivity index (χ1) is 5.03. The van der Waals surface area contributed by atoms with Crippen LogP contribution in [-0.4, -0.2) is 0 Å². The van der Waals surface area contributed by atoms with Gasteiger partial charge in [-0.2, -0.15) is 0 Å². The average molecular weight is 150 g/mol. The molecule has 11 heavy (non-hydrogen) atoms. The third-order valence-corrected chi connectivity index (χ3v) is 4.22. The molecule has 0 aromatic heterocycles. The second-order valence-corrected chi connectivity index (χ2v) is 4.97. The summed E-state index contributed by atoms with van der Waals surface area (Å²) >= 11 is 0. The molecule has 0 aliphatic heterocycles. The fourth-order valence-corrected chi connectivity index (χ4v) is 2.93. The fraction of sp³-hybridized carbons (Fsp3) is 0.818. The lowest BCUT2D eigenvalue weighted by atomic mass is 9.48. The van der Waals surface area contributed by atoms with E-state index in [1.807, 2.05) is 0 Å². The highest BCUT2D eigenvalue weighted by Gasteiger charge is 2.51. The molecule has 0 heteroatoms. The Bertz CT molecular complexity index is 220. The van der Waals surface area contributed by atoms with E-state index >= 15 is 0 Å². The maximum atomic E-state index is 2.43. The summed E-state index contributed by atoms with van der Waals surface area (Å²) in [6, 6.07) is 0. The third-order valence-electron chi connectivity index (χ3n) is 4.22. The molecule has 0 spiro atoms. The maximum Gasteiger partial charge on any atom is -0.0146 e. The maximum absolute atomic E-state index is 2.43. The van der Waals surface area contributed by atoms with E-state index in [4.69, 9.17) is 0 Å². The molecule has 0 unspecified atom stereocenters. The Labute approximate surface area is 69.7 Å². The molecule has 1 saturated carbocycles. The van der Waals surface area contributed by atoms with Crippen molar-refractivity contribution in [2.45, 2.75) is 40.5 Å². The monoisotopic (exact) mass is 150 g/mol. The van der Waals surface area contributed by atoms with Gasteiger partial charge >= 0.3 is 0 Å².